The predicted octanol–water partition coefficient (Wildman–Crippen LogP) is 5.45. The van der Waals surface area contributed by atoms with Crippen molar-refractivity contribution in [1.29, 1.82) is 0 Å². The monoisotopic (exact) mass is 755 g/mol. The lowest BCUT2D eigenvalue weighted by Gasteiger charge is -2.30. The number of carboxylic acid groups (broad SMARTS) is 2. The van der Waals surface area contributed by atoms with Gasteiger partial charge in [0, 0.05) is 19.3 Å². The number of aliphatic hydroxyl groups is 1. The average Bonchev–Trinajstić information content (AvgIpc) is 3.46. The van der Waals surface area contributed by atoms with Gasteiger partial charge in [0.15, 0.2) is 23.7 Å². The molecule has 0 saturated heterocycles. The number of rotatable bonds is 27. The number of ether oxygens (including phenoxy) is 2. The number of allylic oxidation sites excluding steroid dienone is 1. The van der Waals surface area contributed by atoms with E-state index in [1.807, 2.05) is 0 Å². The van der Waals surface area contributed by atoms with Crippen molar-refractivity contribution in [3.05, 3.63) is 64.1 Å². The lowest BCUT2D eigenvalue weighted by atomic mass is 9.82. The number of carbonyl (C=O) groups is 5. The van der Waals surface area contributed by atoms with E-state index in [1.165, 1.54) is 19.4 Å². The fraction of sp³-hybridized carbons (Fsp3) is 0.550. The number of nitrogens with one attached hydrogen (secondary N) is 1. The van der Waals surface area contributed by atoms with Gasteiger partial charge in [-0.1, -0.05) is 75.7 Å². The molecular formula is C40H53NO13. The Hall–Kier alpha value is -5.16. The third-order valence-corrected chi connectivity index (χ3v) is 8.71. The summed E-state index contributed by atoms with van der Waals surface area (Å²) in [5.74, 6) is -2.62. The minimum atomic E-state index is -3.07. The van der Waals surface area contributed by atoms with Crippen LogP contribution in [0.3, 0.4) is 0 Å². The zero-order valence-corrected chi connectivity index (χ0v) is 31.4. The molecule has 0 aliphatic rings. The molecule has 0 aliphatic carbocycles. The quantitative estimate of drug-likeness (QED) is 0.0386. The minimum Gasteiger partial charge on any atom is -0.481 e. The van der Waals surface area contributed by atoms with Crippen molar-refractivity contribution in [3.63, 3.8) is 0 Å². The Bertz CT molecular complexity index is 1660. The molecule has 14 nitrogen and oxygen atoms in total. The van der Waals surface area contributed by atoms with Crippen LogP contribution in [0.1, 0.15) is 114 Å². The molecule has 54 heavy (non-hydrogen) atoms. The van der Waals surface area contributed by atoms with Crippen molar-refractivity contribution in [2.45, 2.75) is 129 Å². The second-order valence-electron chi connectivity index (χ2n) is 13.0. The Morgan fingerprint density at radius 2 is 1.59 bits per heavy atom. The van der Waals surface area contributed by atoms with Gasteiger partial charge in [0.2, 0.25) is 5.91 Å². The molecule has 2 aromatic rings. The lowest BCUT2D eigenvalue weighted by molar-refractivity contribution is -0.174. The largest absolute Gasteiger partial charge is 0.519 e. The Labute approximate surface area is 315 Å². The molecule has 0 fully saturated rings. The molecule has 0 unspecified atom stereocenters. The van der Waals surface area contributed by atoms with E-state index in [9.17, 15) is 44.1 Å². The molecule has 0 bridgehead atoms. The molecule has 3 atom stereocenters. The van der Waals surface area contributed by atoms with Crippen molar-refractivity contribution in [2.24, 2.45) is 5.92 Å². The van der Waals surface area contributed by atoms with Crippen molar-refractivity contribution in [1.82, 2.24) is 5.32 Å². The molecule has 1 heterocycles. The number of unbranched alkanes of at least 4 members (excludes halogenated alkanes) is 8. The molecule has 1 aromatic heterocycles. The minimum absolute atomic E-state index is 0.0265. The summed E-state index contributed by atoms with van der Waals surface area (Å²) in [5, 5.41) is 33.8. The highest BCUT2D eigenvalue weighted by atomic mass is 16.6. The van der Waals surface area contributed by atoms with Gasteiger partial charge >= 0.3 is 23.7 Å². The van der Waals surface area contributed by atoms with E-state index in [2.05, 4.69) is 24.1 Å². The Morgan fingerprint density at radius 3 is 2.17 bits per heavy atom. The van der Waals surface area contributed by atoms with Gasteiger partial charge in [0.1, 0.15) is 24.2 Å². The summed E-state index contributed by atoms with van der Waals surface area (Å²) in [6.07, 6.45) is 11.0. The highest BCUT2D eigenvalue weighted by molar-refractivity contribution is 5.95. The highest BCUT2D eigenvalue weighted by Crippen LogP contribution is 2.27. The zero-order chi connectivity index (χ0) is 39.9. The van der Waals surface area contributed by atoms with Gasteiger partial charge in [-0.05, 0) is 57.2 Å². The van der Waals surface area contributed by atoms with E-state index < -0.39 is 60.2 Å². The molecule has 4 N–H and O–H groups in total. The fourth-order valence-corrected chi connectivity index (χ4v) is 5.54. The number of hydrogen-bond acceptors (Lipinski definition) is 11. The Balaban J connectivity index is 2.14. The van der Waals surface area contributed by atoms with Crippen molar-refractivity contribution >= 4 is 29.6 Å². The number of ketones is 1. The summed E-state index contributed by atoms with van der Waals surface area (Å²) in [5.41, 5.74) is -2.56. The van der Waals surface area contributed by atoms with Crippen molar-refractivity contribution < 1.29 is 57.6 Å². The third kappa shape index (κ3) is 16.2. The second kappa shape index (κ2) is 24.2. The van der Waals surface area contributed by atoms with Crippen LogP contribution in [0.4, 0.5) is 0 Å². The number of carbonyl (C=O) groups excluding carboxylic acids is 3. The molecular weight excluding hydrogens is 702 g/mol. The standard InChI is InChI=1S/C40H53NO13/c1-4-6-8-11-14-17-30(42)18-15-12-9-10-13-16-19-32(40(50,38(47)48)26-35(43)52-27-34-28(3)53-39(49)54-34)36(44)41-33(37(45)46)25-29-20-22-31(23-21-29)51-24-7-5-2/h16,19-23,32-33,50H,4,6,8-15,17-18,24-27H2,1-3H3,(H,41,44)(H,45,46)(H,47,48)/b19-16+/t32-,33+,40+/m1/s1. The number of carboxylic acids is 2. The first kappa shape index (κ1) is 45.0. The molecule has 14 heteroatoms. The number of aryl methyl sites for hydroxylation is 1. The number of esters is 1. The van der Waals surface area contributed by atoms with E-state index in [0.29, 0.717) is 37.0 Å². The summed E-state index contributed by atoms with van der Waals surface area (Å²) < 4.78 is 20.0. The van der Waals surface area contributed by atoms with Gasteiger partial charge < -0.3 is 38.9 Å². The van der Waals surface area contributed by atoms with Crippen LogP contribution in [0.15, 0.2) is 50.0 Å². The Kier molecular flexibility index (Phi) is 20.2. The maximum atomic E-state index is 13.7. The molecule has 0 spiro atoms. The van der Waals surface area contributed by atoms with Gasteiger partial charge in [-0.25, -0.2) is 14.4 Å². The fourth-order valence-electron chi connectivity index (χ4n) is 5.54. The smallest absolute Gasteiger partial charge is 0.481 e. The van der Waals surface area contributed by atoms with Crippen LogP contribution in [0, 0.1) is 24.7 Å². The van der Waals surface area contributed by atoms with Crippen LogP contribution in [-0.4, -0.2) is 63.2 Å². The number of Topliss-reactive ketones (excluding diaryl/α,β-unsaturated/α-hetero) is 1. The molecule has 0 radical (unpaired) electrons. The van der Waals surface area contributed by atoms with Gasteiger partial charge in [-0.3, -0.25) is 14.4 Å². The summed E-state index contributed by atoms with van der Waals surface area (Å²) in [6, 6.07) is 4.88. The van der Waals surface area contributed by atoms with E-state index in [4.69, 9.17) is 18.3 Å². The summed E-state index contributed by atoms with van der Waals surface area (Å²) >= 11 is 0. The van der Waals surface area contributed by atoms with E-state index in [1.54, 1.807) is 31.2 Å². The lowest BCUT2D eigenvalue weighted by Crippen LogP contribution is -2.55. The first-order chi connectivity index (χ1) is 25.8. The van der Waals surface area contributed by atoms with Crippen LogP contribution in [0.2, 0.25) is 0 Å². The first-order valence-corrected chi connectivity index (χ1v) is 18.3. The van der Waals surface area contributed by atoms with E-state index in [-0.39, 0.29) is 30.3 Å². The topological polar surface area (TPSA) is 220 Å². The van der Waals surface area contributed by atoms with Gasteiger partial charge in [0.25, 0.3) is 0 Å². The normalized spacial score (nSPS) is 13.3. The molecule has 296 valence electrons. The van der Waals surface area contributed by atoms with Crippen LogP contribution < -0.4 is 15.9 Å². The highest BCUT2D eigenvalue weighted by Gasteiger charge is 2.49. The van der Waals surface area contributed by atoms with Crippen LogP contribution in [-0.2, 0) is 41.7 Å². The number of benzene rings is 1. The third-order valence-electron chi connectivity index (χ3n) is 8.71. The van der Waals surface area contributed by atoms with Crippen LogP contribution in [0.25, 0.3) is 0 Å². The molecule has 1 aromatic carbocycles. The SMILES string of the molecule is CC#CCOc1ccc(C[C@H](NC(=O)[C@@H](/C=C/CCCCCCC(=O)CCCCCCC)[C@@](O)(CC(=O)OCc2oc(=O)oc2C)C(=O)O)C(=O)O)cc1. The number of amides is 1. The van der Waals surface area contributed by atoms with Crippen LogP contribution >= 0.6 is 0 Å². The molecule has 0 aliphatic heterocycles. The van der Waals surface area contributed by atoms with Crippen molar-refractivity contribution in [2.75, 3.05) is 6.61 Å². The van der Waals surface area contributed by atoms with Crippen LogP contribution in [0.5, 0.6) is 5.75 Å². The van der Waals surface area contributed by atoms with Gasteiger partial charge in [-0.2, -0.15) is 0 Å². The zero-order valence-electron chi connectivity index (χ0n) is 31.4. The number of aliphatic carboxylic acids is 2. The van der Waals surface area contributed by atoms with E-state index in [0.717, 1.165) is 51.0 Å². The second-order valence-corrected chi connectivity index (χ2v) is 13.0. The summed E-state index contributed by atoms with van der Waals surface area (Å²) in [7, 11) is 0. The van der Waals surface area contributed by atoms with Gasteiger partial charge in [0.05, 0.1) is 12.3 Å². The Morgan fingerprint density at radius 1 is 0.944 bits per heavy atom. The maximum Gasteiger partial charge on any atom is 0.519 e. The maximum absolute atomic E-state index is 13.7. The summed E-state index contributed by atoms with van der Waals surface area (Å²) in [4.78, 5) is 74.8. The van der Waals surface area contributed by atoms with Gasteiger partial charge in [-0.15, -0.1) is 5.92 Å². The molecule has 2 rings (SSSR count). The molecule has 1 amide bonds. The average molecular weight is 756 g/mol. The van der Waals surface area contributed by atoms with Crippen molar-refractivity contribution in [3.8, 4) is 17.6 Å². The van der Waals surface area contributed by atoms with E-state index >= 15 is 0 Å². The molecule has 0 saturated carbocycles. The summed E-state index contributed by atoms with van der Waals surface area (Å²) in [6.45, 7) is 4.75. The first-order valence-electron chi connectivity index (χ1n) is 18.3. The number of hydrogen-bond donors (Lipinski definition) is 4. The predicted molar refractivity (Wildman–Crippen MR) is 196 cm³/mol.